The number of aliphatic imine (C=N–C) groups is 1. The van der Waals surface area contributed by atoms with Crippen molar-refractivity contribution in [1.29, 1.82) is 0 Å². The number of benzene rings is 2. The number of aryl methyl sites for hydroxylation is 1. The van der Waals surface area contributed by atoms with E-state index in [0.29, 0.717) is 28.4 Å². The molecule has 2 aliphatic heterocycles. The molecule has 2 aromatic rings. The molecule has 0 atom stereocenters. The highest BCUT2D eigenvalue weighted by atomic mass is 32.2. The number of amidine groups is 1. The number of nitrogens with zero attached hydrogens (tertiary/aromatic N) is 2. The first-order valence-electron chi connectivity index (χ1n) is 10.1. The largest absolute Gasteiger partial charge is 0.299 e. The van der Waals surface area contributed by atoms with Crippen LogP contribution in [0.4, 0.5) is 0 Å². The lowest BCUT2D eigenvalue weighted by atomic mass is 10.00. The van der Waals surface area contributed by atoms with E-state index in [4.69, 9.17) is 0 Å². The molecule has 4 rings (SSSR count). The SMILES string of the molecule is CC1=C(c2ccc(C)cc2)S(=O)(=O)NC1=NCCCN1CCc2ccccc2C1. The highest BCUT2D eigenvalue weighted by Crippen LogP contribution is 2.30. The van der Waals surface area contributed by atoms with Gasteiger partial charge in [0.25, 0.3) is 10.0 Å². The van der Waals surface area contributed by atoms with Gasteiger partial charge in [0.15, 0.2) is 0 Å². The van der Waals surface area contributed by atoms with Gasteiger partial charge in [-0.3, -0.25) is 14.6 Å². The molecule has 0 amide bonds. The summed E-state index contributed by atoms with van der Waals surface area (Å²) in [4.78, 5) is 7.35. The van der Waals surface area contributed by atoms with E-state index in [9.17, 15) is 8.42 Å². The van der Waals surface area contributed by atoms with Gasteiger partial charge in [0, 0.05) is 31.8 Å². The quantitative estimate of drug-likeness (QED) is 0.769. The second-order valence-corrected chi connectivity index (χ2v) is 9.42. The summed E-state index contributed by atoms with van der Waals surface area (Å²) in [5.41, 5.74) is 5.37. The van der Waals surface area contributed by atoms with Gasteiger partial charge in [-0.25, -0.2) is 8.42 Å². The summed E-state index contributed by atoms with van der Waals surface area (Å²) < 4.78 is 27.8. The van der Waals surface area contributed by atoms with Gasteiger partial charge in [0.1, 0.15) is 10.7 Å². The van der Waals surface area contributed by atoms with E-state index in [1.54, 1.807) is 0 Å². The van der Waals surface area contributed by atoms with Crippen LogP contribution in [0.5, 0.6) is 0 Å². The van der Waals surface area contributed by atoms with Crippen LogP contribution in [0.2, 0.25) is 0 Å². The van der Waals surface area contributed by atoms with Gasteiger partial charge in [-0.15, -0.1) is 0 Å². The van der Waals surface area contributed by atoms with E-state index < -0.39 is 10.0 Å². The Kier molecular flexibility index (Phi) is 5.56. The standard InChI is InChI=1S/C23H27N3O2S/c1-17-8-10-20(11-9-17)22-18(2)23(25-29(22,27)28)24-13-5-14-26-15-12-19-6-3-4-7-21(19)16-26/h3-4,6-11H,5,12-16H2,1-2H3,(H,24,25). The van der Waals surface area contributed by atoms with Gasteiger partial charge in [-0.2, -0.15) is 0 Å². The maximum absolute atomic E-state index is 12.6. The number of hydrogen-bond acceptors (Lipinski definition) is 4. The van der Waals surface area contributed by atoms with Gasteiger partial charge >= 0.3 is 0 Å². The van der Waals surface area contributed by atoms with Crippen molar-refractivity contribution >= 4 is 20.8 Å². The fourth-order valence-electron chi connectivity index (χ4n) is 4.02. The van der Waals surface area contributed by atoms with Crippen molar-refractivity contribution in [2.45, 2.75) is 33.2 Å². The number of sulfonamides is 1. The molecule has 0 saturated carbocycles. The molecule has 2 aromatic carbocycles. The van der Waals surface area contributed by atoms with E-state index in [0.717, 1.165) is 38.0 Å². The lowest BCUT2D eigenvalue weighted by molar-refractivity contribution is 0.252. The molecule has 152 valence electrons. The first-order valence-corrected chi connectivity index (χ1v) is 11.6. The van der Waals surface area contributed by atoms with Crippen LogP contribution in [0, 0.1) is 6.92 Å². The molecule has 2 heterocycles. The van der Waals surface area contributed by atoms with Crippen LogP contribution in [0.3, 0.4) is 0 Å². The minimum Gasteiger partial charge on any atom is -0.299 e. The topological polar surface area (TPSA) is 61.8 Å². The van der Waals surface area contributed by atoms with E-state index in [-0.39, 0.29) is 0 Å². The van der Waals surface area contributed by atoms with Crippen molar-refractivity contribution in [3.8, 4) is 0 Å². The van der Waals surface area contributed by atoms with E-state index in [1.807, 2.05) is 38.1 Å². The first-order chi connectivity index (χ1) is 13.9. The fourth-order valence-corrected chi connectivity index (χ4v) is 5.54. The average Bonchev–Trinajstić information content (AvgIpc) is 2.94. The predicted octanol–water partition coefficient (Wildman–Crippen LogP) is 3.51. The Hall–Kier alpha value is -2.44. The van der Waals surface area contributed by atoms with Crippen molar-refractivity contribution in [2.75, 3.05) is 19.6 Å². The van der Waals surface area contributed by atoms with Crippen LogP contribution in [-0.2, 0) is 23.0 Å². The molecule has 0 spiro atoms. The van der Waals surface area contributed by atoms with Crippen molar-refractivity contribution in [2.24, 2.45) is 4.99 Å². The fraction of sp³-hybridized carbons (Fsp3) is 0.348. The van der Waals surface area contributed by atoms with Crippen molar-refractivity contribution in [1.82, 2.24) is 9.62 Å². The minimum absolute atomic E-state index is 0.337. The number of rotatable bonds is 5. The smallest absolute Gasteiger partial charge is 0.264 e. The lowest BCUT2D eigenvalue weighted by Crippen LogP contribution is -2.31. The Balaban J connectivity index is 1.40. The number of nitrogens with one attached hydrogen (secondary N) is 1. The molecule has 0 unspecified atom stereocenters. The van der Waals surface area contributed by atoms with E-state index >= 15 is 0 Å². The van der Waals surface area contributed by atoms with E-state index in [1.165, 1.54) is 11.1 Å². The summed E-state index contributed by atoms with van der Waals surface area (Å²) in [7, 11) is -3.55. The van der Waals surface area contributed by atoms with Crippen LogP contribution in [0.15, 0.2) is 59.1 Å². The van der Waals surface area contributed by atoms with Gasteiger partial charge in [-0.05, 0) is 43.4 Å². The molecule has 1 N–H and O–H groups in total. The van der Waals surface area contributed by atoms with Crippen molar-refractivity contribution < 1.29 is 8.42 Å². The summed E-state index contributed by atoms with van der Waals surface area (Å²) in [5, 5.41) is 0. The molecule has 29 heavy (non-hydrogen) atoms. The normalized spacial score (nSPS) is 20.0. The maximum atomic E-state index is 12.6. The monoisotopic (exact) mass is 409 g/mol. The molecule has 2 aliphatic rings. The van der Waals surface area contributed by atoms with Gasteiger partial charge in [0.05, 0.1) is 0 Å². The third-order valence-electron chi connectivity index (χ3n) is 5.62. The first kappa shape index (κ1) is 19.9. The molecule has 0 aliphatic carbocycles. The minimum atomic E-state index is -3.55. The van der Waals surface area contributed by atoms with Crippen LogP contribution < -0.4 is 4.72 Å². The zero-order valence-corrected chi connectivity index (χ0v) is 17.8. The molecular weight excluding hydrogens is 382 g/mol. The Morgan fingerprint density at radius 2 is 1.76 bits per heavy atom. The van der Waals surface area contributed by atoms with Crippen LogP contribution in [0.25, 0.3) is 4.91 Å². The van der Waals surface area contributed by atoms with Crippen LogP contribution in [-0.4, -0.2) is 38.8 Å². The third-order valence-corrected chi connectivity index (χ3v) is 7.16. The molecule has 6 heteroatoms. The molecule has 5 nitrogen and oxygen atoms in total. The van der Waals surface area contributed by atoms with Gasteiger partial charge < -0.3 is 0 Å². The maximum Gasteiger partial charge on any atom is 0.264 e. The summed E-state index contributed by atoms with van der Waals surface area (Å²) in [6, 6.07) is 16.2. The van der Waals surface area contributed by atoms with Crippen LogP contribution >= 0.6 is 0 Å². The zero-order valence-electron chi connectivity index (χ0n) is 17.0. The summed E-state index contributed by atoms with van der Waals surface area (Å²) in [6.07, 6.45) is 1.99. The van der Waals surface area contributed by atoms with Gasteiger partial charge in [0.2, 0.25) is 0 Å². The summed E-state index contributed by atoms with van der Waals surface area (Å²) >= 11 is 0. The molecule has 0 aromatic heterocycles. The van der Waals surface area contributed by atoms with Gasteiger partial charge in [-0.1, -0.05) is 54.1 Å². The number of fused-ring (bicyclic) bond motifs is 1. The van der Waals surface area contributed by atoms with Crippen molar-refractivity contribution in [3.63, 3.8) is 0 Å². The Morgan fingerprint density at radius 3 is 2.52 bits per heavy atom. The second-order valence-electron chi connectivity index (χ2n) is 7.80. The van der Waals surface area contributed by atoms with E-state index in [2.05, 4.69) is 38.9 Å². The lowest BCUT2D eigenvalue weighted by Gasteiger charge is -2.28. The highest BCUT2D eigenvalue weighted by Gasteiger charge is 2.32. The molecular formula is C23H27N3O2S. The number of hydrogen-bond donors (Lipinski definition) is 1. The molecule has 0 bridgehead atoms. The summed E-state index contributed by atoms with van der Waals surface area (Å²) in [5.74, 6) is 0.476. The summed E-state index contributed by atoms with van der Waals surface area (Å²) in [6.45, 7) is 7.43. The highest BCUT2D eigenvalue weighted by molar-refractivity contribution is 8.00. The second kappa shape index (κ2) is 8.13. The van der Waals surface area contributed by atoms with Crippen LogP contribution in [0.1, 0.15) is 35.6 Å². The third kappa shape index (κ3) is 4.28. The molecule has 0 radical (unpaired) electrons. The zero-order chi connectivity index (χ0) is 20.4. The molecule has 0 fully saturated rings. The predicted molar refractivity (Wildman–Crippen MR) is 118 cm³/mol. The average molecular weight is 410 g/mol. The van der Waals surface area contributed by atoms with Crippen molar-refractivity contribution in [3.05, 3.63) is 76.4 Å². The Morgan fingerprint density at radius 1 is 1.03 bits per heavy atom. The Bertz CT molecular complexity index is 1070. The Labute approximate surface area is 173 Å². The molecule has 0 saturated heterocycles.